The highest BCUT2D eigenvalue weighted by atomic mass is 16.3. The average molecular weight is 549 g/mol. The van der Waals surface area contributed by atoms with Crippen LogP contribution in [-0.4, -0.2) is 9.13 Å². The summed E-state index contributed by atoms with van der Waals surface area (Å²) in [5.41, 5.74) is 8.80. The number of fused-ring (bicyclic) bond motifs is 11. The Morgan fingerprint density at radius 1 is 0.395 bits per heavy atom. The summed E-state index contributed by atoms with van der Waals surface area (Å²) >= 11 is 0. The number of rotatable bonds is 2. The predicted octanol–water partition coefficient (Wildman–Crippen LogP) is 10.9. The van der Waals surface area contributed by atoms with Gasteiger partial charge in [-0.2, -0.15) is 0 Å². The first kappa shape index (κ1) is 22.8. The Morgan fingerprint density at radius 3 is 1.95 bits per heavy atom. The van der Waals surface area contributed by atoms with Crippen molar-refractivity contribution in [3.8, 4) is 11.4 Å². The molecular weight excluding hydrogens is 524 g/mol. The molecule has 0 saturated carbocycles. The quantitative estimate of drug-likeness (QED) is 0.211. The van der Waals surface area contributed by atoms with E-state index in [9.17, 15) is 0 Å². The monoisotopic (exact) mass is 548 g/mol. The van der Waals surface area contributed by atoms with Crippen LogP contribution >= 0.6 is 0 Å². The van der Waals surface area contributed by atoms with Crippen LogP contribution in [0, 0.1) is 0 Å². The van der Waals surface area contributed by atoms with E-state index in [2.05, 4.69) is 149 Å². The second kappa shape index (κ2) is 8.37. The molecule has 43 heavy (non-hydrogen) atoms. The van der Waals surface area contributed by atoms with Crippen molar-refractivity contribution in [2.75, 3.05) is 0 Å². The van der Waals surface area contributed by atoms with Crippen LogP contribution in [0.4, 0.5) is 0 Å². The van der Waals surface area contributed by atoms with Crippen LogP contribution in [0.5, 0.6) is 0 Å². The van der Waals surface area contributed by atoms with Crippen molar-refractivity contribution < 1.29 is 4.42 Å². The van der Waals surface area contributed by atoms with Crippen molar-refractivity contribution in [2.45, 2.75) is 0 Å². The molecule has 3 heteroatoms. The Bertz CT molecular complexity index is 2720. The molecule has 0 aliphatic carbocycles. The lowest BCUT2D eigenvalue weighted by molar-refractivity contribution is 0.666. The Hall–Kier alpha value is -5.80. The summed E-state index contributed by atoms with van der Waals surface area (Å²) in [4.78, 5) is 0. The maximum Gasteiger partial charge on any atom is 0.159 e. The van der Waals surface area contributed by atoms with E-state index in [1.165, 1.54) is 54.4 Å². The van der Waals surface area contributed by atoms with E-state index in [0.717, 1.165) is 33.3 Å². The molecule has 0 N–H and O–H groups in total. The van der Waals surface area contributed by atoms with E-state index in [-0.39, 0.29) is 0 Å². The summed E-state index contributed by atoms with van der Waals surface area (Å²) < 4.78 is 11.4. The van der Waals surface area contributed by atoms with Gasteiger partial charge in [-0.1, -0.05) is 103 Å². The molecule has 10 aromatic rings. The highest BCUT2D eigenvalue weighted by Crippen LogP contribution is 2.43. The van der Waals surface area contributed by atoms with Gasteiger partial charge in [0.2, 0.25) is 0 Å². The van der Waals surface area contributed by atoms with Crippen molar-refractivity contribution in [1.29, 1.82) is 0 Å². The van der Waals surface area contributed by atoms with Gasteiger partial charge in [0, 0.05) is 43.4 Å². The van der Waals surface area contributed by atoms with E-state index in [4.69, 9.17) is 4.42 Å². The molecule has 0 unspecified atom stereocenters. The number of para-hydroxylation sites is 4. The summed E-state index contributed by atoms with van der Waals surface area (Å²) in [7, 11) is 0. The first-order chi connectivity index (χ1) is 21.3. The van der Waals surface area contributed by atoms with E-state index in [1.54, 1.807) is 0 Å². The minimum absolute atomic E-state index is 0.907. The third kappa shape index (κ3) is 3.03. The summed E-state index contributed by atoms with van der Waals surface area (Å²) in [6, 6.07) is 52.3. The molecule has 0 bridgehead atoms. The average Bonchev–Trinajstić information content (AvgIpc) is 3.72. The lowest BCUT2D eigenvalue weighted by Gasteiger charge is -2.10. The van der Waals surface area contributed by atoms with E-state index < -0.39 is 0 Å². The van der Waals surface area contributed by atoms with Crippen LogP contribution in [0.3, 0.4) is 0 Å². The molecule has 3 heterocycles. The molecule has 0 aliphatic heterocycles. The number of furan rings is 1. The van der Waals surface area contributed by atoms with E-state index in [1.807, 2.05) is 6.07 Å². The summed E-state index contributed by atoms with van der Waals surface area (Å²) in [6.45, 7) is 0. The first-order valence-corrected chi connectivity index (χ1v) is 14.7. The molecule has 200 valence electrons. The molecular formula is C40H24N2O. The second-order valence-electron chi connectivity index (χ2n) is 11.3. The molecule has 3 nitrogen and oxygen atoms in total. The molecule has 0 aliphatic rings. The van der Waals surface area contributed by atoms with Gasteiger partial charge in [-0.25, -0.2) is 0 Å². The predicted molar refractivity (Wildman–Crippen MR) is 180 cm³/mol. The van der Waals surface area contributed by atoms with Crippen LogP contribution in [0.15, 0.2) is 150 Å². The van der Waals surface area contributed by atoms with Gasteiger partial charge in [0.05, 0.1) is 27.8 Å². The molecule has 0 radical (unpaired) electrons. The largest absolute Gasteiger partial charge is 0.454 e. The summed E-state index contributed by atoms with van der Waals surface area (Å²) in [6.07, 6.45) is 0. The van der Waals surface area contributed by atoms with E-state index in [0.29, 0.717) is 0 Å². The van der Waals surface area contributed by atoms with Gasteiger partial charge in [-0.05, 0) is 47.9 Å². The topological polar surface area (TPSA) is 23.0 Å². The first-order valence-electron chi connectivity index (χ1n) is 14.7. The number of aromatic nitrogens is 2. The van der Waals surface area contributed by atoms with Gasteiger partial charge >= 0.3 is 0 Å². The summed E-state index contributed by atoms with van der Waals surface area (Å²) in [5, 5.41) is 9.70. The van der Waals surface area contributed by atoms with Crippen molar-refractivity contribution in [1.82, 2.24) is 9.13 Å². The minimum atomic E-state index is 0.907. The molecule has 0 saturated heterocycles. The number of nitrogens with zero attached hydrogens (tertiary/aromatic N) is 2. The molecule has 3 aromatic heterocycles. The molecule has 0 amide bonds. The fraction of sp³-hybridized carbons (Fsp3) is 0. The van der Waals surface area contributed by atoms with E-state index >= 15 is 0 Å². The number of hydrogen-bond donors (Lipinski definition) is 0. The Kier molecular flexibility index (Phi) is 4.45. The molecule has 0 fully saturated rings. The third-order valence-electron chi connectivity index (χ3n) is 9.08. The maximum absolute atomic E-state index is 6.55. The van der Waals surface area contributed by atoms with Crippen LogP contribution < -0.4 is 0 Å². The van der Waals surface area contributed by atoms with Gasteiger partial charge in [-0.15, -0.1) is 0 Å². The van der Waals surface area contributed by atoms with Crippen LogP contribution in [0.2, 0.25) is 0 Å². The van der Waals surface area contributed by atoms with Crippen LogP contribution in [-0.2, 0) is 0 Å². The number of hydrogen-bond acceptors (Lipinski definition) is 1. The lowest BCUT2D eigenvalue weighted by Crippen LogP contribution is -1.95. The molecule has 7 aromatic carbocycles. The normalized spacial score (nSPS) is 12.2. The maximum atomic E-state index is 6.55. The zero-order valence-corrected chi connectivity index (χ0v) is 23.2. The Labute approximate surface area is 246 Å². The molecule has 0 atom stereocenters. The van der Waals surface area contributed by atoms with Gasteiger partial charge in [0.15, 0.2) is 5.58 Å². The van der Waals surface area contributed by atoms with Gasteiger partial charge in [-0.3, -0.25) is 0 Å². The fourth-order valence-corrected chi connectivity index (χ4v) is 7.25. The Balaban J connectivity index is 1.41. The van der Waals surface area contributed by atoms with Gasteiger partial charge in [0.25, 0.3) is 0 Å². The molecule has 0 spiro atoms. The zero-order chi connectivity index (χ0) is 28.1. The molecule has 10 rings (SSSR count). The Morgan fingerprint density at radius 2 is 1.07 bits per heavy atom. The van der Waals surface area contributed by atoms with Crippen LogP contribution in [0.25, 0.3) is 87.7 Å². The summed E-state index contributed by atoms with van der Waals surface area (Å²) in [5.74, 6) is 0. The smallest absolute Gasteiger partial charge is 0.159 e. The van der Waals surface area contributed by atoms with Crippen molar-refractivity contribution >= 4 is 76.3 Å². The van der Waals surface area contributed by atoms with Gasteiger partial charge in [0.1, 0.15) is 5.58 Å². The van der Waals surface area contributed by atoms with Gasteiger partial charge < -0.3 is 13.6 Å². The van der Waals surface area contributed by atoms with Crippen molar-refractivity contribution in [2.24, 2.45) is 0 Å². The van der Waals surface area contributed by atoms with Crippen molar-refractivity contribution in [3.63, 3.8) is 0 Å². The minimum Gasteiger partial charge on any atom is -0.454 e. The van der Waals surface area contributed by atoms with Crippen molar-refractivity contribution in [3.05, 3.63) is 146 Å². The lowest BCUT2D eigenvalue weighted by atomic mass is 10.0. The van der Waals surface area contributed by atoms with Crippen LogP contribution in [0.1, 0.15) is 0 Å². The highest BCUT2D eigenvalue weighted by molar-refractivity contribution is 6.23. The zero-order valence-electron chi connectivity index (χ0n) is 23.2. The third-order valence-corrected chi connectivity index (χ3v) is 9.08. The fourth-order valence-electron chi connectivity index (χ4n) is 7.25. The highest BCUT2D eigenvalue weighted by Gasteiger charge is 2.21. The number of benzene rings is 7. The SMILES string of the molecule is c1ccc(-n2c3cc4c5ccccc5n(-c5cccc6c5oc5ccccc56)c4cc3c3ccc4ccccc4c32)cc1. The second-order valence-corrected chi connectivity index (χ2v) is 11.3. The standard InChI is InChI=1S/C40H24N2O/c1-2-12-26(13-3-1)41-36-23-32-28-15-6-8-18-34(28)42(35-19-10-17-31-29-16-7-9-20-38(29)43-40(31)35)37(32)24-33(36)30-22-21-25-11-4-5-14-27(25)39(30)41/h1-24H.